The van der Waals surface area contributed by atoms with E-state index in [0.29, 0.717) is 0 Å². The molecule has 0 aromatic rings. The van der Waals surface area contributed by atoms with Gasteiger partial charge >= 0.3 is 0 Å². The number of nitrogens with one attached hydrogen (secondary N) is 2. The smallest absolute Gasteiger partial charge is 0.245 e. The van der Waals surface area contributed by atoms with E-state index in [4.69, 9.17) is 20.4 Å². The fraction of sp³-hybridized carbons (Fsp3) is 0.400. The van der Waals surface area contributed by atoms with Crippen molar-refractivity contribution in [2.24, 2.45) is 0 Å². The van der Waals surface area contributed by atoms with Crippen molar-refractivity contribution in [2.45, 2.75) is 0 Å². The summed E-state index contributed by atoms with van der Waals surface area (Å²) in [5.74, 6) is -0.718. The van der Waals surface area contributed by atoms with Crippen molar-refractivity contribution in [1.29, 1.82) is 0 Å². The van der Waals surface area contributed by atoms with Gasteiger partial charge in [0.05, 0.1) is 13.2 Å². The normalized spacial score (nSPS) is 7.56. The first-order valence-electron chi connectivity index (χ1n) is 4.77. The number of carbonyl (C=O) groups is 2. The Morgan fingerprint density at radius 3 is 1.17 bits per heavy atom. The Morgan fingerprint density at radius 2 is 1.11 bits per heavy atom. The molecule has 0 saturated carbocycles. The quantitative estimate of drug-likeness (QED) is 0.239. The van der Waals surface area contributed by atoms with Crippen LogP contribution in [0.1, 0.15) is 0 Å². The third-order valence-electron chi connectivity index (χ3n) is 0.977. The second kappa shape index (κ2) is 20.6. The molecule has 106 valence electrons. The summed E-state index contributed by atoms with van der Waals surface area (Å²) in [6, 6.07) is 0. The maximum atomic E-state index is 10.0. The Bertz CT molecular complexity index is 208. The summed E-state index contributed by atoms with van der Waals surface area (Å²) >= 11 is 0. The Morgan fingerprint density at radius 1 is 0.833 bits per heavy atom. The van der Waals surface area contributed by atoms with Gasteiger partial charge in [-0.15, -0.1) is 0 Å². The minimum absolute atomic E-state index is 0.125. The molecule has 18 heavy (non-hydrogen) atoms. The SMILES string of the molecule is C=CC(=O)NCO.C=CC(=O)NCO.OCCO. The van der Waals surface area contributed by atoms with E-state index in [1.165, 1.54) is 0 Å². The van der Waals surface area contributed by atoms with Gasteiger partial charge in [0.2, 0.25) is 11.8 Å². The molecule has 2 amide bonds. The molecule has 0 rings (SSSR count). The molecular weight excluding hydrogens is 244 g/mol. The Labute approximate surface area is 105 Å². The van der Waals surface area contributed by atoms with Crippen LogP contribution in [0, 0.1) is 0 Å². The highest BCUT2D eigenvalue weighted by atomic mass is 16.3. The number of hydrogen-bond donors (Lipinski definition) is 6. The van der Waals surface area contributed by atoms with Crippen molar-refractivity contribution in [3.8, 4) is 0 Å². The average molecular weight is 264 g/mol. The molecule has 0 aliphatic carbocycles. The fourth-order valence-corrected chi connectivity index (χ4v) is 0.300. The summed E-state index contributed by atoms with van der Waals surface area (Å²) in [6.07, 6.45) is 2.19. The van der Waals surface area contributed by atoms with Crippen LogP contribution in [0.3, 0.4) is 0 Å². The van der Waals surface area contributed by atoms with Crippen LogP contribution in [0.25, 0.3) is 0 Å². The van der Waals surface area contributed by atoms with E-state index >= 15 is 0 Å². The van der Waals surface area contributed by atoms with Gasteiger partial charge in [-0.05, 0) is 12.2 Å². The Kier molecular flexibility index (Phi) is 24.7. The highest BCUT2D eigenvalue weighted by Crippen LogP contribution is 1.60. The van der Waals surface area contributed by atoms with Crippen molar-refractivity contribution in [3.63, 3.8) is 0 Å². The number of hydrogen-bond acceptors (Lipinski definition) is 6. The molecule has 0 fully saturated rings. The molecule has 6 N–H and O–H groups in total. The molecule has 0 bridgehead atoms. The minimum atomic E-state index is -0.359. The lowest BCUT2D eigenvalue weighted by atomic mass is 10.6. The van der Waals surface area contributed by atoms with Crippen LogP contribution in [0.15, 0.2) is 25.3 Å². The van der Waals surface area contributed by atoms with E-state index in [0.717, 1.165) is 12.2 Å². The van der Waals surface area contributed by atoms with E-state index in [9.17, 15) is 9.59 Å². The molecule has 0 unspecified atom stereocenters. The van der Waals surface area contributed by atoms with E-state index in [2.05, 4.69) is 23.8 Å². The topological polar surface area (TPSA) is 139 Å². The standard InChI is InChI=1S/2C4H7NO2.C2H6O2/c2*1-2-4(7)5-3-6;3-1-2-4/h2*2,6H,1,3H2,(H,5,7);3-4H,1-2H2. The van der Waals surface area contributed by atoms with Gasteiger partial charge in [-0.25, -0.2) is 0 Å². The van der Waals surface area contributed by atoms with Gasteiger partial charge in [-0.3, -0.25) is 9.59 Å². The van der Waals surface area contributed by atoms with Crippen LogP contribution in [-0.4, -0.2) is 58.9 Å². The lowest BCUT2D eigenvalue weighted by Gasteiger charge is -1.89. The first kappa shape index (κ1) is 21.5. The summed E-state index contributed by atoms with van der Waals surface area (Å²) in [5.41, 5.74) is 0. The molecule has 0 aromatic carbocycles. The summed E-state index contributed by atoms with van der Waals surface area (Å²) in [5, 5.41) is 35.4. The van der Waals surface area contributed by atoms with E-state index in [1.807, 2.05) is 0 Å². The van der Waals surface area contributed by atoms with Crippen molar-refractivity contribution >= 4 is 11.8 Å². The summed E-state index contributed by atoms with van der Waals surface area (Å²) < 4.78 is 0. The molecule has 0 aliphatic heterocycles. The van der Waals surface area contributed by atoms with Crippen molar-refractivity contribution < 1.29 is 30.0 Å². The van der Waals surface area contributed by atoms with Gasteiger partial charge in [-0.1, -0.05) is 13.2 Å². The van der Waals surface area contributed by atoms with Gasteiger partial charge in [0.25, 0.3) is 0 Å². The predicted molar refractivity (Wildman–Crippen MR) is 65.0 cm³/mol. The maximum Gasteiger partial charge on any atom is 0.245 e. The highest BCUT2D eigenvalue weighted by molar-refractivity contribution is 5.86. The minimum Gasteiger partial charge on any atom is -0.394 e. The molecular formula is C10H20N2O6. The van der Waals surface area contributed by atoms with Gasteiger partial charge in [-0.2, -0.15) is 0 Å². The maximum absolute atomic E-state index is 10.0. The highest BCUT2D eigenvalue weighted by Gasteiger charge is 1.85. The molecule has 0 spiro atoms. The second-order valence-corrected chi connectivity index (χ2v) is 2.25. The first-order chi connectivity index (χ1) is 8.53. The number of carbonyl (C=O) groups excluding carboxylic acids is 2. The predicted octanol–water partition coefficient (Wildman–Crippen LogP) is -2.55. The Balaban J connectivity index is -0.000000196. The third kappa shape index (κ3) is 29.2. The van der Waals surface area contributed by atoms with Crippen LogP contribution in [0.2, 0.25) is 0 Å². The molecule has 0 radical (unpaired) electrons. The second-order valence-electron chi connectivity index (χ2n) is 2.25. The number of amides is 2. The van der Waals surface area contributed by atoms with E-state index < -0.39 is 0 Å². The van der Waals surface area contributed by atoms with Crippen molar-refractivity contribution in [1.82, 2.24) is 10.6 Å². The monoisotopic (exact) mass is 264 g/mol. The average Bonchev–Trinajstić information content (AvgIpc) is 2.40. The van der Waals surface area contributed by atoms with Crippen LogP contribution in [-0.2, 0) is 9.59 Å². The van der Waals surface area contributed by atoms with Gasteiger partial charge in [0.1, 0.15) is 13.5 Å². The van der Waals surface area contributed by atoms with Gasteiger partial charge in [0.15, 0.2) is 0 Å². The van der Waals surface area contributed by atoms with Crippen LogP contribution >= 0.6 is 0 Å². The molecule has 0 aliphatic rings. The lowest BCUT2D eigenvalue weighted by Crippen LogP contribution is -2.20. The molecule has 0 aromatic heterocycles. The number of rotatable bonds is 5. The summed E-state index contributed by atoms with van der Waals surface area (Å²) in [4.78, 5) is 20.0. The van der Waals surface area contributed by atoms with Crippen molar-refractivity contribution in [2.75, 3.05) is 26.7 Å². The third-order valence-corrected chi connectivity index (χ3v) is 0.977. The zero-order valence-electron chi connectivity index (χ0n) is 10.0. The Hall–Kier alpha value is -1.74. The molecule has 0 atom stereocenters. The molecule has 8 heteroatoms. The number of aliphatic hydroxyl groups excluding tert-OH is 4. The zero-order valence-corrected chi connectivity index (χ0v) is 10.0. The van der Waals surface area contributed by atoms with Gasteiger partial charge < -0.3 is 31.1 Å². The van der Waals surface area contributed by atoms with Crippen LogP contribution < -0.4 is 10.6 Å². The lowest BCUT2D eigenvalue weighted by molar-refractivity contribution is -0.118. The molecule has 8 nitrogen and oxygen atoms in total. The summed E-state index contributed by atoms with van der Waals surface area (Å²) in [7, 11) is 0. The zero-order chi connectivity index (χ0) is 14.8. The number of aliphatic hydroxyl groups is 4. The van der Waals surface area contributed by atoms with E-state index in [-0.39, 0.29) is 38.5 Å². The molecule has 0 saturated heterocycles. The summed E-state index contributed by atoms with van der Waals surface area (Å²) in [6.45, 7) is 5.41. The van der Waals surface area contributed by atoms with Gasteiger partial charge in [0, 0.05) is 0 Å². The molecule has 0 heterocycles. The fourth-order valence-electron chi connectivity index (χ4n) is 0.300. The first-order valence-corrected chi connectivity index (χ1v) is 4.77. The van der Waals surface area contributed by atoms with E-state index in [1.54, 1.807) is 0 Å². The van der Waals surface area contributed by atoms with Crippen LogP contribution in [0.4, 0.5) is 0 Å². The van der Waals surface area contributed by atoms with Crippen molar-refractivity contribution in [3.05, 3.63) is 25.3 Å². The largest absolute Gasteiger partial charge is 0.394 e. The van der Waals surface area contributed by atoms with Crippen LogP contribution in [0.5, 0.6) is 0 Å².